The Bertz CT molecular complexity index is 946. The molecule has 0 bridgehead atoms. The van der Waals surface area contributed by atoms with Gasteiger partial charge in [0.1, 0.15) is 5.69 Å². The molecule has 0 unspecified atom stereocenters. The van der Waals surface area contributed by atoms with E-state index in [9.17, 15) is 4.79 Å². The van der Waals surface area contributed by atoms with E-state index in [1.54, 1.807) is 4.68 Å². The first-order chi connectivity index (χ1) is 14.7. The van der Waals surface area contributed by atoms with E-state index in [4.69, 9.17) is 5.10 Å². The molecular weight excluding hydrogens is 374 g/mol. The summed E-state index contributed by atoms with van der Waals surface area (Å²) in [5.41, 5.74) is 3.18. The molecule has 0 aliphatic carbocycles. The zero-order valence-corrected chi connectivity index (χ0v) is 17.5. The number of aromatic nitrogens is 2. The smallest absolute Gasteiger partial charge is 0.255 e. The van der Waals surface area contributed by atoms with Crippen LogP contribution in [0.2, 0.25) is 0 Å². The van der Waals surface area contributed by atoms with Crippen LogP contribution in [0.4, 0.5) is 0 Å². The third-order valence-electron chi connectivity index (χ3n) is 5.56. The first-order valence-corrected chi connectivity index (χ1v) is 10.6. The summed E-state index contributed by atoms with van der Waals surface area (Å²) in [7, 11) is 2.16. The number of piperazine rings is 1. The molecule has 30 heavy (non-hydrogen) atoms. The molecule has 1 amide bonds. The summed E-state index contributed by atoms with van der Waals surface area (Å²) in [4.78, 5) is 17.8. The van der Waals surface area contributed by atoms with Crippen LogP contribution in [-0.4, -0.2) is 71.8 Å². The van der Waals surface area contributed by atoms with Crippen molar-refractivity contribution in [3.8, 4) is 16.9 Å². The molecule has 1 N–H and O–H groups in total. The second-order valence-corrected chi connectivity index (χ2v) is 7.79. The first kappa shape index (κ1) is 20.3. The quantitative estimate of drug-likeness (QED) is 0.617. The minimum atomic E-state index is -0.0746. The van der Waals surface area contributed by atoms with Crippen LogP contribution in [0.1, 0.15) is 16.8 Å². The van der Waals surface area contributed by atoms with Gasteiger partial charge in [-0.2, -0.15) is 5.10 Å². The summed E-state index contributed by atoms with van der Waals surface area (Å²) < 4.78 is 1.78. The SMILES string of the molecule is CN1CCN(CCCNC(=O)c2cn(-c3ccccc3)nc2-c2ccccc2)CC1. The average molecular weight is 404 g/mol. The van der Waals surface area contributed by atoms with E-state index in [1.807, 2.05) is 66.9 Å². The van der Waals surface area contributed by atoms with Gasteiger partial charge in [0.05, 0.1) is 11.3 Å². The lowest BCUT2D eigenvalue weighted by molar-refractivity contribution is 0.0950. The van der Waals surface area contributed by atoms with Crippen LogP contribution in [0.25, 0.3) is 16.9 Å². The van der Waals surface area contributed by atoms with Crippen molar-refractivity contribution in [3.63, 3.8) is 0 Å². The Kier molecular flexibility index (Phi) is 6.57. The second-order valence-electron chi connectivity index (χ2n) is 7.79. The van der Waals surface area contributed by atoms with Crippen molar-refractivity contribution < 1.29 is 4.79 Å². The fourth-order valence-corrected chi connectivity index (χ4v) is 3.73. The molecule has 1 fully saturated rings. The van der Waals surface area contributed by atoms with E-state index in [2.05, 4.69) is 22.2 Å². The molecule has 0 atom stereocenters. The number of rotatable bonds is 7. The molecule has 2 aromatic carbocycles. The first-order valence-electron chi connectivity index (χ1n) is 10.6. The fourth-order valence-electron chi connectivity index (χ4n) is 3.73. The van der Waals surface area contributed by atoms with Gasteiger partial charge in [0, 0.05) is 44.5 Å². The maximum absolute atomic E-state index is 13.0. The Morgan fingerprint density at radius 1 is 0.967 bits per heavy atom. The molecule has 4 rings (SSSR count). The number of hydrogen-bond acceptors (Lipinski definition) is 4. The highest BCUT2D eigenvalue weighted by molar-refractivity contribution is 5.99. The number of nitrogens with one attached hydrogen (secondary N) is 1. The molecule has 0 radical (unpaired) electrons. The van der Waals surface area contributed by atoms with Crippen molar-refractivity contribution in [1.82, 2.24) is 24.9 Å². The molecular formula is C24H29N5O. The molecule has 6 nitrogen and oxygen atoms in total. The number of carbonyl (C=O) groups excluding carboxylic acids is 1. The Morgan fingerprint density at radius 2 is 1.63 bits per heavy atom. The van der Waals surface area contributed by atoms with E-state index in [0.29, 0.717) is 17.8 Å². The molecule has 6 heteroatoms. The van der Waals surface area contributed by atoms with Crippen molar-refractivity contribution in [2.45, 2.75) is 6.42 Å². The predicted molar refractivity (Wildman–Crippen MR) is 120 cm³/mol. The number of carbonyl (C=O) groups is 1. The highest BCUT2D eigenvalue weighted by atomic mass is 16.1. The largest absolute Gasteiger partial charge is 0.352 e. The van der Waals surface area contributed by atoms with Gasteiger partial charge in [0.15, 0.2) is 0 Å². The van der Waals surface area contributed by atoms with Crippen molar-refractivity contribution in [1.29, 1.82) is 0 Å². The Balaban J connectivity index is 1.44. The topological polar surface area (TPSA) is 53.4 Å². The lowest BCUT2D eigenvalue weighted by Gasteiger charge is -2.32. The average Bonchev–Trinajstić information content (AvgIpc) is 3.25. The summed E-state index contributed by atoms with van der Waals surface area (Å²) in [5, 5.41) is 7.82. The fraction of sp³-hybridized carbons (Fsp3) is 0.333. The lowest BCUT2D eigenvalue weighted by Crippen LogP contribution is -2.45. The number of benzene rings is 2. The van der Waals surface area contributed by atoms with Crippen molar-refractivity contribution >= 4 is 5.91 Å². The Morgan fingerprint density at radius 3 is 2.33 bits per heavy atom. The zero-order valence-electron chi connectivity index (χ0n) is 17.5. The third kappa shape index (κ3) is 4.96. The summed E-state index contributed by atoms with van der Waals surface area (Å²) >= 11 is 0. The van der Waals surface area contributed by atoms with Gasteiger partial charge in [0.25, 0.3) is 5.91 Å². The highest BCUT2D eigenvalue weighted by Gasteiger charge is 2.19. The van der Waals surface area contributed by atoms with E-state index in [1.165, 1.54) is 0 Å². The van der Waals surface area contributed by atoms with E-state index in [-0.39, 0.29) is 5.91 Å². The van der Waals surface area contributed by atoms with Crippen LogP contribution in [0.5, 0.6) is 0 Å². The molecule has 156 valence electrons. The van der Waals surface area contributed by atoms with Crippen LogP contribution in [0.3, 0.4) is 0 Å². The van der Waals surface area contributed by atoms with Gasteiger partial charge >= 0.3 is 0 Å². The molecule has 1 aliphatic rings. The molecule has 1 aromatic heterocycles. The van der Waals surface area contributed by atoms with Crippen molar-refractivity contribution in [2.24, 2.45) is 0 Å². The summed E-state index contributed by atoms with van der Waals surface area (Å²) in [6.45, 7) is 6.12. The zero-order chi connectivity index (χ0) is 20.8. The standard InChI is InChI=1S/C24H29N5O/c1-27-15-17-28(18-16-27)14-8-13-25-24(30)22-19-29(21-11-6-3-7-12-21)26-23(22)20-9-4-2-5-10-20/h2-7,9-12,19H,8,13-18H2,1H3,(H,25,30). The number of para-hydroxylation sites is 1. The maximum atomic E-state index is 13.0. The molecule has 2 heterocycles. The van der Waals surface area contributed by atoms with E-state index in [0.717, 1.165) is 50.4 Å². The van der Waals surface area contributed by atoms with Crippen LogP contribution in [-0.2, 0) is 0 Å². The molecule has 0 spiro atoms. The van der Waals surface area contributed by atoms with Gasteiger partial charge < -0.3 is 15.1 Å². The van der Waals surface area contributed by atoms with E-state index < -0.39 is 0 Å². The Labute approximate surface area is 178 Å². The molecule has 0 saturated carbocycles. The summed E-state index contributed by atoms with van der Waals surface area (Å²) in [6.07, 6.45) is 2.77. The number of hydrogen-bond donors (Lipinski definition) is 1. The van der Waals surface area contributed by atoms with Crippen LogP contribution in [0, 0.1) is 0 Å². The third-order valence-corrected chi connectivity index (χ3v) is 5.56. The molecule has 1 saturated heterocycles. The highest BCUT2D eigenvalue weighted by Crippen LogP contribution is 2.23. The minimum absolute atomic E-state index is 0.0746. The van der Waals surface area contributed by atoms with Gasteiger partial charge in [-0.25, -0.2) is 4.68 Å². The number of nitrogens with zero attached hydrogens (tertiary/aromatic N) is 4. The van der Waals surface area contributed by atoms with Gasteiger partial charge in [-0.15, -0.1) is 0 Å². The van der Waals surface area contributed by atoms with Crippen molar-refractivity contribution in [2.75, 3.05) is 46.3 Å². The van der Waals surface area contributed by atoms with Gasteiger partial charge in [-0.1, -0.05) is 48.5 Å². The normalized spacial score (nSPS) is 15.2. The van der Waals surface area contributed by atoms with Crippen molar-refractivity contribution in [3.05, 3.63) is 72.4 Å². The number of amides is 1. The van der Waals surface area contributed by atoms with Crippen LogP contribution >= 0.6 is 0 Å². The van der Waals surface area contributed by atoms with Crippen LogP contribution < -0.4 is 5.32 Å². The summed E-state index contributed by atoms with van der Waals surface area (Å²) in [5.74, 6) is -0.0746. The van der Waals surface area contributed by atoms with Crippen LogP contribution in [0.15, 0.2) is 66.9 Å². The minimum Gasteiger partial charge on any atom is -0.352 e. The van der Waals surface area contributed by atoms with Gasteiger partial charge in [-0.3, -0.25) is 4.79 Å². The van der Waals surface area contributed by atoms with Gasteiger partial charge in [0.2, 0.25) is 0 Å². The second kappa shape index (κ2) is 9.69. The lowest BCUT2D eigenvalue weighted by atomic mass is 10.1. The van der Waals surface area contributed by atoms with E-state index >= 15 is 0 Å². The molecule has 3 aromatic rings. The van der Waals surface area contributed by atoms with Gasteiger partial charge in [-0.05, 0) is 32.1 Å². The maximum Gasteiger partial charge on any atom is 0.255 e. The monoisotopic (exact) mass is 403 g/mol. The number of likely N-dealkylation sites (N-methyl/N-ethyl adjacent to an activating group) is 1. The Hall–Kier alpha value is -2.96. The summed E-state index contributed by atoms with van der Waals surface area (Å²) in [6, 6.07) is 19.8. The predicted octanol–water partition coefficient (Wildman–Crippen LogP) is 2.91. The molecule has 1 aliphatic heterocycles.